The Bertz CT molecular complexity index is 1070. The van der Waals surface area contributed by atoms with E-state index in [1.165, 1.54) is 0 Å². The molecule has 2 amide bonds. The first kappa shape index (κ1) is 18.7. The number of hydrogen-bond acceptors (Lipinski definition) is 4. The molecule has 1 aromatic heterocycles. The molecular weight excluding hydrogens is 368 g/mol. The molecule has 0 spiro atoms. The van der Waals surface area contributed by atoms with Crippen LogP contribution in [-0.4, -0.2) is 28.7 Å². The van der Waals surface area contributed by atoms with Gasteiger partial charge in [-0.3, -0.25) is 9.59 Å². The molecule has 2 heterocycles. The lowest BCUT2D eigenvalue weighted by molar-refractivity contribution is -0.123. The molecule has 3 aromatic rings. The molecule has 0 aliphatic carbocycles. The average Bonchev–Trinajstić information content (AvgIpc) is 3.17. The van der Waals surface area contributed by atoms with Gasteiger partial charge in [-0.05, 0) is 43.7 Å². The van der Waals surface area contributed by atoms with Crippen molar-refractivity contribution in [3.8, 4) is 16.9 Å². The van der Waals surface area contributed by atoms with Crippen LogP contribution in [0.15, 0.2) is 48.5 Å². The van der Waals surface area contributed by atoms with E-state index in [1.54, 1.807) is 36.1 Å². The summed E-state index contributed by atoms with van der Waals surface area (Å²) < 4.78 is 6.74. The van der Waals surface area contributed by atoms with Gasteiger partial charge in [0.15, 0.2) is 0 Å². The van der Waals surface area contributed by atoms with Gasteiger partial charge in [0.1, 0.15) is 17.6 Å². The summed E-state index contributed by atoms with van der Waals surface area (Å²) in [4.78, 5) is 25.1. The Balaban J connectivity index is 1.54. The standard InChI is InChI=1S/C22H22N4O3/c1-13-4-6-15(7-5-13)20-14(2)25-26-18(22(28)24-21(20)26)12-19(27)23-16-8-10-17(29-3)11-9-16/h4-11,18H,12H2,1-3H3,(H,23,27)(H,24,28). The smallest absolute Gasteiger partial charge is 0.251 e. The van der Waals surface area contributed by atoms with Gasteiger partial charge in [-0.25, -0.2) is 4.68 Å². The number of fused-ring (bicyclic) bond motifs is 1. The van der Waals surface area contributed by atoms with Gasteiger partial charge >= 0.3 is 0 Å². The average molecular weight is 390 g/mol. The van der Waals surface area contributed by atoms with Crippen molar-refractivity contribution in [1.82, 2.24) is 9.78 Å². The first-order valence-electron chi connectivity index (χ1n) is 9.37. The van der Waals surface area contributed by atoms with Crippen molar-refractivity contribution in [3.63, 3.8) is 0 Å². The number of anilines is 2. The highest BCUT2D eigenvalue weighted by Crippen LogP contribution is 2.38. The van der Waals surface area contributed by atoms with Crippen LogP contribution in [0.25, 0.3) is 11.1 Å². The summed E-state index contributed by atoms with van der Waals surface area (Å²) in [6.45, 7) is 3.93. The van der Waals surface area contributed by atoms with E-state index in [1.807, 2.05) is 38.1 Å². The van der Waals surface area contributed by atoms with Gasteiger partial charge in [-0.2, -0.15) is 5.10 Å². The first-order chi connectivity index (χ1) is 14.0. The van der Waals surface area contributed by atoms with Gasteiger partial charge in [0, 0.05) is 11.3 Å². The Kier molecular flexibility index (Phi) is 4.80. The third-order valence-corrected chi connectivity index (χ3v) is 5.02. The molecular formula is C22H22N4O3. The molecule has 0 saturated heterocycles. The van der Waals surface area contributed by atoms with E-state index in [-0.39, 0.29) is 18.2 Å². The Morgan fingerprint density at radius 3 is 2.48 bits per heavy atom. The van der Waals surface area contributed by atoms with Crippen molar-refractivity contribution >= 4 is 23.3 Å². The minimum Gasteiger partial charge on any atom is -0.497 e. The van der Waals surface area contributed by atoms with E-state index in [0.717, 1.165) is 22.4 Å². The number of rotatable bonds is 5. The summed E-state index contributed by atoms with van der Waals surface area (Å²) in [7, 11) is 1.58. The number of carbonyl (C=O) groups is 2. The number of methoxy groups -OCH3 is 1. The summed E-state index contributed by atoms with van der Waals surface area (Å²) in [6.07, 6.45) is -0.000674. The Morgan fingerprint density at radius 2 is 1.83 bits per heavy atom. The molecule has 29 heavy (non-hydrogen) atoms. The minimum absolute atomic E-state index is 0.000674. The quantitative estimate of drug-likeness (QED) is 0.696. The van der Waals surface area contributed by atoms with Crippen LogP contribution in [-0.2, 0) is 9.59 Å². The molecule has 0 radical (unpaired) electrons. The maximum Gasteiger partial charge on any atom is 0.251 e. The molecule has 7 nitrogen and oxygen atoms in total. The number of aryl methyl sites for hydroxylation is 2. The molecule has 1 aliphatic rings. The van der Waals surface area contributed by atoms with Crippen molar-refractivity contribution in [2.45, 2.75) is 26.3 Å². The van der Waals surface area contributed by atoms with E-state index in [0.29, 0.717) is 17.3 Å². The van der Waals surface area contributed by atoms with Crippen LogP contribution in [0.2, 0.25) is 0 Å². The number of aromatic nitrogens is 2. The minimum atomic E-state index is -0.679. The predicted molar refractivity (Wildman–Crippen MR) is 111 cm³/mol. The molecule has 0 bridgehead atoms. The number of hydrogen-bond donors (Lipinski definition) is 2. The molecule has 0 saturated carbocycles. The predicted octanol–water partition coefficient (Wildman–Crippen LogP) is 3.70. The first-order valence-corrected chi connectivity index (χ1v) is 9.37. The number of benzene rings is 2. The van der Waals surface area contributed by atoms with Crippen LogP contribution < -0.4 is 15.4 Å². The lowest BCUT2D eigenvalue weighted by atomic mass is 10.0. The fraction of sp³-hybridized carbons (Fsp3) is 0.227. The van der Waals surface area contributed by atoms with E-state index < -0.39 is 6.04 Å². The molecule has 7 heteroatoms. The molecule has 4 rings (SSSR count). The van der Waals surface area contributed by atoms with Crippen LogP contribution in [0.3, 0.4) is 0 Å². The molecule has 1 unspecified atom stereocenters. The van der Waals surface area contributed by atoms with Crippen LogP contribution in [0.1, 0.15) is 23.7 Å². The molecule has 0 fully saturated rings. The SMILES string of the molecule is COc1ccc(NC(=O)CC2C(=O)Nc3c(-c4ccc(C)cc4)c(C)nn32)cc1. The third-order valence-electron chi connectivity index (χ3n) is 5.02. The molecule has 2 N–H and O–H groups in total. The summed E-state index contributed by atoms with van der Waals surface area (Å²) in [5.74, 6) is 0.857. The molecule has 148 valence electrons. The van der Waals surface area contributed by atoms with Crippen molar-refractivity contribution in [2.75, 3.05) is 17.7 Å². The van der Waals surface area contributed by atoms with Gasteiger partial charge in [-0.15, -0.1) is 0 Å². The van der Waals surface area contributed by atoms with Crippen LogP contribution in [0, 0.1) is 13.8 Å². The summed E-state index contributed by atoms with van der Waals surface area (Å²) in [5.41, 5.74) is 4.48. The van der Waals surface area contributed by atoms with Gasteiger partial charge < -0.3 is 15.4 Å². The second kappa shape index (κ2) is 7.43. The lowest BCUT2D eigenvalue weighted by Gasteiger charge is -2.10. The van der Waals surface area contributed by atoms with E-state index in [2.05, 4.69) is 15.7 Å². The third kappa shape index (κ3) is 3.59. The van der Waals surface area contributed by atoms with Crippen LogP contribution >= 0.6 is 0 Å². The maximum absolute atomic E-state index is 12.5. The molecule has 1 atom stereocenters. The van der Waals surface area contributed by atoms with Gasteiger partial charge in [0.2, 0.25) is 5.91 Å². The Morgan fingerprint density at radius 1 is 1.14 bits per heavy atom. The lowest BCUT2D eigenvalue weighted by Crippen LogP contribution is -2.23. The zero-order valence-corrected chi connectivity index (χ0v) is 16.5. The monoisotopic (exact) mass is 390 g/mol. The zero-order chi connectivity index (χ0) is 20.5. The van der Waals surface area contributed by atoms with Crippen molar-refractivity contribution in [1.29, 1.82) is 0 Å². The van der Waals surface area contributed by atoms with E-state index in [9.17, 15) is 9.59 Å². The fourth-order valence-corrected chi connectivity index (χ4v) is 3.51. The Hall–Kier alpha value is -3.61. The Labute approximate surface area is 168 Å². The highest BCUT2D eigenvalue weighted by atomic mass is 16.5. The number of carbonyl (C=O) groups excluding carboxylic acids is 2. The largest absolute Gasteiger partial charge is 0.497 e. The van der Waals surface area contributed by atoms with Gasteiger partial charge in [-0.1, -0.05) is 29.8 Å². The number of ether oxygens (including phenoxy) is 1. The molecule has 1 aliphatic heterocycles. The van der Waals surface area contributed by atoms with Gasteiger partial charge in [0.05, 0.1) is 19.2 Å². The van der Waals surface area contributed by atoms with Crippen LogP contribution in [0.4, 0.5) is 11.5 Å². The number of nitrogens with zero attached hydrogens (tertiary/aromatic N) is 2. The van der Waals surface area contributed by atoms with Crippen LogP contribution in [0.5, 0.6) is 5.75 Å². The second-order valence-electron chi connectivity index (χ2n) is 7.11. The van der Waals surface area contributed by atoms with Crippen molar-refractivity contribution in [2.24, 2.45) is 0 Å². The summed E-state index contributed by atoms with van der Waals surface area (Å²) in [6, 6.07) is 14.4. The summed E-state index contributed by atoms with van der Waals surface area (Å²) >= 11 is 0. The zero-order valence-electron chi connectivity index (χ0n) is 16.5. The number of nitrogens with one attached hydrogen (secondary N) is 2. The van der Waals surface area contributed by atoms with Crippen molar-refractivity contribution < 1.29 is 14.3 Å². The normalized spacial score (nSPS) is 15.0. The fourth-order valence-electron chi connectivity index (χ4n) is 3.51. The van der Waals surface area contributed by atoms with E-state index >= 15 is 0 Å². The maximum atomic E-state index is 12.5. The van der Waals surface area contributed by atoms with Gasteiger partial charge in [0.25, 0.3) is 5.91 Å². The highest BCUT2D eigenvalue weighted by Gasteiger charge is 2.36. The number of amides is 2. The second-order valence-corrected chi connectivity index (χ2v) is 7.11. The topological polar surface area (TPSA) is 85.2 Å². The van der Waals surface area contributed by atoms with Crippen molar-refractivity contribution in [3.05, 3.63) is 59.8 Å². The van der Waals surface area contributed by atoms with E-state index in [4.69, 9.17) is 4.74 Å². The summed E-state index contributed by atoms with van der Waals surface area (Å²) in [5, 5.41) is 10.3. The highest BCUT2D eigenvalue weighted by molar-refractivity contribution is 6.04. The molecule has 2 aromatic carbocycles.